The molecule has 0 unspecified atom stereocenters. The Labute approximate surface area is 81.7 Å². The number of nitrogens with zero attached hydrogens (tertiary/aromatic N) is 3. The Bertz CT molecular complexity index is 471. The second-order valence-electron chi connectivity index (χ2n) is 2.75. The summed E-state index contributed by atoms with van der Waals surface area (Å²) in [6, 6.07) is 9.31. The lowest BCUT2D eigenvalue weighted by atomic mass is 10.1. The first-order chi connectivity index (χ1) is 6.92. The molecule has 0 aliphatic heterocycles. The normalized spacial score (nSPS) is 9.36. The number of hydrogen-bond acceptors (Lipinski definition) is 3. The lowest BCUT2D eigenvalue weighted by Gasteiger charge is -2.00. The number of rotatable bonds is 1. The van der Waals surface area contributed by atoms with Crippen LogP contribution in [0.25, 0.3) is 11.3 Å². The third-order valence-electron chi connectivity index (χ3n) is 1.86. The van der Waals surface area contributed by atoms with Crippen LogP contribution in [-0.2, 0) is 0 Å². The molecule has 14 heavy (non-hydrogen) atoms. The predicted molar refractivity (Wildman–Crippen MR) is 52.2 cm³/mol. The summed E-state index contributed by atoms with van der Waals surface area (Å²) in [7, 11) is 0. The van der Waals surface area contributed by atoms with Crippen molar-refractivity contribution in [3.05, 3.63) is 48.4 Å². The van der Waals surface area contributed by atoms with E-state index in [1.165, 1.54) is 0 Å². The van der Waals surface area contributed by atoms with Crippen molar-refractivity contribution in [3.63, 3.8) is 0 Å². The third-order valence-corrected chi connectivity index (χ3v) is 1.86. The molecule has 0 radical (unpaired) electrons. The van der Waals surface area contributed by atoms with E-state index in [0.717, 1.165) is 5.56 Å². The van der Waals surface area contributed by atoms with Gasteiger partial charge in [0.25, 0.3) is 0 Å². The lowest BCUT2D eigenvalue weighted by Crippen LogP contribution is -1.88. The molecule has 0 fully saturated rings. The van der Waals surface area contributed by atoms with Gasteiger partial charge in [-0.25, -0.2) is 0 Å². The summed E-state index contributed by atoms with van der Waals surface area (Å²) >= 11 is 0. The van der Waals surface area contributed by atoms with Crippen molar-refractivity contribution in [2.45, 2.75) is 0 Å². The Hall–Kier alpha value is -2.21. The van der Waals surface area contributed by atoms with Crippen LogP contribution in [0.1, 0.15) is 5.56 Å². The molecular formula is C11H7N3. The lowest BCUT2D eigenvalue weighted by molar-refractivity contribution is 1.26. The number of pyridine rings is 2. The largest absolute Gasteiger partial charge is 0.264 e. The van der Waals surface area contributed by atoms with E-state index in [1.807, 2.05) is 12.1 Å². The zero-order valence-electron chi connectivity index (χ0n) is 7.38. The van der Waals surface area contributed by atoms with E-state index in [1.54, 1.807) is 30.7 Å². The van der Waals surface area contributed by atoms with E-state index in [2.05, 4.69) is 16.0 Å². The van der Waals surface area contributed by atoms with Crippen molar-refractivity contribution in [1.82, 2.24) is 9.97 Å². The standard InChI is InChI=1S/C11H7N3/c12-7-9-3-2-6-14-11(9)10-4-1-5-13-8-10/h1-6,8H. The molecule has 0 aliphatic carbocycles. The highest BCUT2D eigenvalue weighted by Gasteiger charge is 2.04. The van der Waals surface area contributed by atoms with Gasteiger partial charge < -0.3 is 0 Å². The molecule has 0 saturated heterocycles. The van der Waals surface area contributed by atoms with Gasteiger partial charge in [-0.15, -0.1) is 0 Å². The fourth-order valence-electron chi connectivity index (χ4n) is 1.23. The highest BCUT2D eigenvalue weighted by molar-refractivity contribution is 5.65. The highest BCUT2D eigenvalue weighted by atomic mass is 14.7. The van der Waals surface area contributed by atoms with Gasteiger partial charge in [-0.3, -0.25) is 9.97 Å². The summed E-state index contributed by atoms with van der Waals surface area (Å²) in [5, 5.41) is 8.87. The van der Waals surface area contributed by atoms with Gasteiger partial charge in [0, 0.05) is 24.2 Å². The molecule has 0 saturated carbocycles. The summed E-state index contributed by atoms with van der Waals surface area (Å²) in [6.07, 6.45) is 5.06. The maximum atomic E-state index is 8.87. The minimum atomic E-state index is 0.570. The Balaban J connectivity index is 2.58. The first-order valence-electron chi connectivity index (χ1n) is 4.17. The molecule has 0 N–H and O–H groups in total. The summed E-state index contributed by atoms with van der Waals surface area (Å²) in [5.74, 6) is 0. The molecule has 3 heteroatoms. The van der Waals surface area contributed by atoms with Gasteiger partial charge in [0.05, 0.1) is 11.3 Å². The zero-order chi connectivity index (χ0) is 9.80. The molecule has 2 aromatic heterocycles. The van der Waals surface area contributed by atoms with Crippen LogP contribution in [0.5, 0.6) is 0 Å². The van der Waals surface area contributed by atoms with Crippen LogP contribution in [0.4, 0.5) is 0 Å². The van der Waals surface area contributed by atoms with Crippen molar-refractivity contribution in [2.75, 3.05) is 0 Å². The second-order valence-corrected chi connectivity index (χ2v) is 2.75. The Morgan fingerprint density at radius 3 is 2.71 bits per heavy atom. The van der Waals surface area contributed by atoms with Gasteiger partial charge in [0.1, 0.15) is 6.07 Å². The minimum absolute atomic E-state index is 0.570. The van der Waals surface area contributed by atoms with Gasteiger partial charge in [0.2, 0.25) is 0 Å². The fraction of sp³-hybridized carbons (Fsp3) is 0. The minimum Gasteiger partial charge on any atom is -0.264 e. The van der Waals surface area contributed by atoms with Crippen molar-refractivity contribution >= 4 is 0 Å². The van der Waals surface area contributed by atoms with Gasteiger partial charge in [-0.05, 0) is 24.3 Å². The van der Waals surface area contributed by atoms with E-state index < -0.39 is 0 Å². The maximum absolute atomic E-state index is 8.87. The third kappa shape index (κ3) is 1.46. The van der Waals surface area contributed by atoms with E-state index in [4.69, 9.17) is 5.26 Å². The van der Waals surface area contributed by atoms with Crippen LogP contribution >= 0.6 is 0 Å². The van der Waals surface area contributed by atoms with Crippen molar-refractivity contribution < 1.29 is 0 Å². The van der Waals surface area contributed by atoms with Crippen LogP contribution < -0.4 is 0 Å². The van der Waals surface area contributed by atoms with Crippen LogP contribution in [0.3, 0.4) is 0 Å². The Kier molecular flexibility index (Phi) is 2.20. The fourth-order valence-corrected chi connectivity index (χ4v) is 1.23. The highest BCUT2D eigenvalue weighted by Crippen LogP contribution is 2.18. The average molecular weight is 181 g/mol. The molecule has 0 amide bonds. The maximum Gasteiger partial charge on any atom is 0.101 e. The molecule has 3 nitrogen and oxygen atoms in total. The number of aromatic nitrogens is 2. The molecule has 0 aliphatic rings. The van der Waals surface area contributed by atoms with Crippen LogP contribution in [0.15, 0.2) is 42.9 Å². The molecule has 2 aromatic rings. The molecule has 66 valence electrons. The number of nitriles is 1. The van der Waals surface area contributed by atoms with Crippen molar-refractivity contribution in [3.8, 4) is 17.3 Å². The van der Waals surface area contributed by atoms with Crippen molar-refractivity contribution in [1.29, 1.82) is 5.26 Å². The van der Waals surface area contributed by atoms with E-state index in [9.17, 15) is 0 Å². The number of hydrogen-bond donors (Lipinski definition) is 0. The van der Waals surface area contributed by atoms with Gasteiger partial charge in [0.15, 0.2) is 0 Å². The Morgan fingerprint density at radius 1 is 1.14 bits per heavy atom. The van der Waals surface area contributed by atoms with Crippen molar-refractivity contribution in [2.24, 2.45) is 0 Å². The van der Waals surface area contributed by atoms with Crippen LogP contribution in [0.2, 0.25) is 0 Å². The van der Waals surface area contributed by atoms with Gasteiger partial charge >= 0.3 is 0 Å². The topological polar surface area (TPSA) is 49.6 Å². The predicted octanol–water partition coefficient (Wildman–Crippen LogP) is 2.02. The van der Waals surface area contributed by atoms with E-state index in [0.29, 0.717) is 11.3 Å². The Morgan fingerprint density at radius 2 is 2.00 bits per heavy atom. The quantitative estimate of drug-likeness (QED) is 0.676. The molecule has 0 atom stereocenters. The SMILES string of the molecule is N#Cc1cccnc1-c1cccnc1. The smallest absolute Gasteiger partial charge is 0.101 e. The second kappa shape index (κ2) is 3.67. The van der Waals surface area contributed by atoms with Crippen LogP contribution in [0, 0.1) is 11.3 Å². The molecule has 0 bridgehead atoms. The van der Waals surface area contributed by atoms with Gasteiger partial charge in [-0.1, -0.05) is 0 Å². The molecule has 0 aromatic carbocycles. The summed E-state index contributed by atoms with van der Waals surface area (Å²) in [4.78, 5) is 8.14. The van der Waals surface area contributed by atoms with Crippen LogP contribution in [-0.4, -0.2) is 9.97 Å². The summed E-state index contributed by atoms with van der Waals surface area (Å²) < 4.78 is 0. The summed E-state index contributed by atoms with van der Waals surface area (Å²) in [5.41, 5.74) is 2.12. The molecule has 2 rings (SSSR count). The molecule has 2 heterocycles. The van der Waals surface area contributed by atoms with E-state index in [-0.39, 0.29) is 0 Å². The zero-order valence-corrected chi connectivity index (χ0v) is 7.38. The molecular weight excluding hydrogens is 174 g/mol. The first kappa shape index (κ1) is 8.39. The summed E-state index contributed by atoms with van der Waals surface area (Å²) in [6.45, 7) is 0. The first-order valence-corrected chi connectivity index (χ1v) is 4.17. The molecule has 0 spiro atoms. The van der Waals surface area contributed by atoms with Gasteiger partial charge in [-0.2, -0.15) is 5.26 Å². The van der Waals surface area contributed by atoms with E-state index >= 15 is 0 Å². The average Bonchev–Trinajstić information content (AvgIpc) is 2.30. The monoisotopic (exact) mass is 181 g/mol.